The molecule has 1 aromatic rings. The van der Waals surface area contributed by atoms with E-state index < -0.39 is 0 Å². The summed E-state index contributed by atoms with van der Waals surface area (Å²) in [5, 5.41) is 0.669. The Morgan fingerprint density at radius 2 is 2.00 bits per heavy atom. The van der Waals surface area contributed by atoms with Crippen molar-refractivity contribution in [2.24, 2.45) is 5.73 Å². The molecule has 1 rings (SSSR count). The smallest absolute Gasteiger partial charge is 0.124 e. The number of rotatable bonds is 9. The summed E-state index contributed by atoms with van der Waals surface area (Å²) in [7, 11) is 1.66. The predicted molar refractivity (Wildman–Crippen MR) is 76.9 cm³/mol. The van der Waals surface area contributed by atoms with Crippen molar-refractivity contribution in [2.75, 3.05) is 33.5 Å². The van der Waals surface area contributed by atoms with Crippen LogP contribution >= 0.6 is 11.6 Å². The SMILES string of the molecule is COCCOCCCOc1ccc(Cl)cc1[C@H](C)N. The third-order valence-corrected chi connectivity index (χ3v) is 2.82. The zero-order valence-corrected chi connectivity index (χ0v) is 12.3. The average Bonchev–Trinajstić information content (AvgIpc) is 2.39. The largest absolute Gasteiger partial charge is 0.493 e. The van der Waals surface area contributed by atoms with Gasteiger partial charge in [-0.25, -0.2) is 0 Å². The van der Waals surface area contributed by atoms with Gasteiger partial charge in [-0.2, -0.15) is 0 Å². The first-order chi connectivity index (χ1) is 9.15. The predicted octanol–water partition coefficient (Wildman–Crippen LogP) is 2.79. The van der Waals surface area contributed by atoms with Crippen LogP contribution in [0.25, 0.3) is 0 Å². The van der Waals surface area contributed by atoms with Gasteiger partial charge in [0.15, 0.2) is 0 Å². The van der Waals surface area contributed by atoms with E-state index in [1.807, 2.05) is 19.1 Å². The van der Waals surface area contributed by atoms with Crippen LogP contribution in [0.1, 0.15) is 24.9 Å². The van der Waals surface area contributed by atoms with Crippen LogP contribution in [0.15, 0.2) is 18.2 Å². The molecule has 0 amide bonds. The lowest BCUT2D eigenvalue weighted by atomic mass is 10.1. The molecule has 0 aromatic heterocycles. The third-order valence-electron chi connectivity index (χ3n) is 2.58. The molecule has 19 heavy (non-hydrogen) atoms. The normalized spacial score (nSPS) is 12.4. The first kappa shape index (κ1) is 16.2. The van der Waals surface area contributed by atoms with E-state index in [1.165, 1.54) is 0 Å². The van der Waals surface area contributed by atoms with Gasteiger partial charge in [0, 0.05) is 36.8 Å². The van der Waals surface area contributed by atoms with Gasteiger partial charge in [-0.1, -0.05) is 11.6 Å². The molecule has 0 aliphatic heterocycles. The molecular weight excluding hydrogens is 266 g/mol. The van der Waals surface area contributed by atoms with Gasteiger partial charge < -0.3 is 19.9 Å². The molecule has 5 heteroatoms. The fourth-order valence-electron chi connectivity index (χ4n) is 1.59. The van der Waals surface area contributed by atoms with Crippen LogP contribution in [0.3, 0.4) is 0 Å². The van der Waals surface area contributed by atoms with Gasteiger partial charge >= 0.3 is 0 Å². The summed E-state index contributed by atoms with van der Waals surface area (Å²) in [5.74, 6) is 0.788. The lowest BCUT2D eigenvalue weighted by Crippen LogP contribution is -2.10. The van der Waals surface area contributed by atoms with E-state index in [-0.39, 0.29) is 6.04 Å². The van der Waals surface area contributed by atoms with E-state index in [0.717, 1.165) is 17.7 Å². The molecular formula is C14H22ClNO3. The van der Waals surface area contributed by atoms with Crippen LogP contribution in [0, 0.1) is 0 Å². The monoisotopic (exact) mass is 287 g/mol. The summed E-state index contributed by atoms with van der Waals surface area (Å²) in [6.45, 7) is 4.39. The van der Waals surface area contributed by atoms with Gasteiger partial charge in [0.2, 0.25) is 0 Å². The van der Waals surface area contributed by atoms with Crippen molar-refractivity contribution < 1.29 is 14.2 Å². The van der Waals surface area contributed by atoms with Crippen LogP contribution in [-0.4, -0.2) is 33.5 Å². The fraction of sp³-hybridized carbons (Fsp3) is 0.571. The number of ether oxygens (including phenoxy) is 3. The summed E-state index contributed by atoms with van der Waals surface area (Å²) >= 11 is 5.95. The number of hydrogen-bond acceptors (Lipinski definition) is 4. The Kier molecular flexibility index (Phi) is 7.82. The van der Waals surface area contributed by atoms with Gasteiger partial charge in [0.05, 0.1) is 19.8 Å². The van der Waals surface area contributed by atoms with E-state index in [4.69, 9.17) is 31.5 Å². The molecule has 0 spiro atoms. The lowest BCUT2D eigenvalue weighted by molar-refractivity contribution is 0.0644. The Bertz CT molecular complexity index is 372. The number of methoxy groups -OCH3 is 1. The Balaban J connectivity index is 2.33. The Hall–Kier alpha value is -0.810. The molecule has 108 valence electrons. The summed E-state index contributed by atoms with van der Waals surface area (Å²) < 4.78 is 16.0. The van der Waals surface area contributed by atoms with Crippen molar-refractivity contribution in [3.05, 3.63) is 28.8 Å². The summed E-state index contributed by atoms with van der Waals surface area (Å²) in [5.41, 5.74) is 6.82. The molecule has 0 saturated carbocycles. The van der Waals surface area contributed by atoms with E-state index >= 15 is 0 Å². The van der Waals surface area contributed by atoms with Crippen LogP contribution < -0.4 is 10.5 Å². The molecule has 0 aliphatic rings. The topological polar surface area (TPSA) is 53.7 Å². The molecule has 0 unspecified atom stereocenters. The van der Waals surface area contributed by atoms with Crippen molar-refractivity contribution in [1.29, 1.82) is 0 Å². The van der Waals surface area contributed by atoms with Gasteiger partial charge in [-0.15, -0.1) is 0 Å². The summed E-state index contributed by atoms with van der Waals surface area (Å²) in [4.78, 5) is 0. The number of nitrogens with two attached hydrogens (primary N) is 1. The zero-order valence-electron chi connectivity index (χ0n) is 11.5. The minimum Gasteiger partial charge on any atom is -0.493 e. The van der Waals surface area contributed by atoms with Gasteiger partial charge in [-0.05, 0) is 25.1 Å². The quantitative estimate of drug-likeness (QED) is 0.710. The second-order valence-electron chi connectivity index (χ2n) is 4.28. The number of benzene rings is 1. The standard InChI is InChI=1S/C14H22ClNO3/c1-11(16)13-10-12(15)4-5-14(13)19-7-3-6-18-9-8-17-2/h4-5,10-11H,3,6-9,16H2,1-2H3/t11-/m0/s1. The van der Waals surface area contributed by atoms with E-state index in [2.05, 4.69) is 0 Å². The maximum atomic E-state index is 5.95. The van der Waals surface area contributed by atoms with Crippen molar-refractivity contribution in [2.45, 2.75) is 19.4 Å². The minimum atomic E-state index is -0.105. The molecule has 0 aliphatic carbocycles. The first-order valence-electron chi connectivity index (χ1n) is 6.39. The van der Waals surface area contributed by atoms with Gasteiger partial charge in [0.25, 0.3) is 0 Å². The molecule has 1 atom stereocenters. The Morgan fingerprint density at radius 1 is 1.21 bits per heavy atom. The fourth-order valence-corrected chi connectivity index (χ4v) is 1.77. The van der Waals surface area contributed by atoms with Crippen LogP contribution in [-0.2, 0) is 9.47 Å². The number of halogens is 1. The molecule has 0 bridgehead atoms. The second-order valence-corrected chi connectivity index (χ2v) is 4.71. The van der Waals surface area contributed by atoms with Crippen LogP contribution in [0.5, 0.6) is 5.75 Å². The van der Waals surface area contributed by atoms with Crippen LogP contribution in [0.2, 0.25) is 5.02 Å². The van der Waals surface area contributed by atoms with E-state index in [1.54, 1.807) is 13.2 Å². The van der Waals surface area contributed by atoms with Crippen molar-refractivity contribution >= 4 is 11.6 Å². The van der Waals surface area contributed by atoms with Crippen molar-refractivity contribution in [1.82, 2.24) is 0 Å². The van der Waals surface area contributed by atoms with Crippen LogP contribution in [0.4, 0.5) is 0 Å². The molecule has 0 fully saturated rings. The molecule has 0 saturated heterocycles. The Morgan fingerprint density at radius 3 is 2.68 bits per heavy atom. The lowest BCUT2D eigenvalue weighted by Gasteiger charge is -2.14. The maximum absolute atomic E-state index is 5.95. The molecule has 2 N–H and O–H groups in total. The van der Waals surface area contributed by atoms with E-state index in [0.29, 0.717) is 31.5 Å². The Labute approximate surface area is 119 Å². The van der Waals surface area contributed by atoms with Crippen molar-refractivity contribution in [3.8, 4) is 5.75 Å². The average molecular weight is 288 g/mol. The molecule has 1 aromatic carbocycles. The maximum Gasteiger partial charge on any atom is 0.124 e. The summed E-state index contributed by atoms with van der Waals surface area (Å²) in [6, 6.07) is 5.40. The first-order valence-corrected chi connectivity index (χ1v) is 6.77. The summed E-state index contributed by atoms with van der Waals surface area (Å²) in [6.07, 6.45) is 0.824. The molecule has 0 radical (unpaired) electrons. The zero-order chi connectivity index (χ0) is 14.1. The molecule has 4 nitrogen and oxygen atoms in total. The van der Waals surface area contributed by atoms with Crippen molar-refractivity contribution in [3.63, 3.8) is 0 Å². The highest BCUT2D eigenvalue weighted by Gasteiger charge is 2.08. The highest BCUT2D eigenvalue weighted by molar-refractivity contribution is 6.30. The third kappa shape index (κ3) is 6.25. The second kappa shape index (κ2) is 9.15. The number of hydrogen-bond donors (Lipinski definition) is 1. The van der Waals surface area contributed by atoms with E-state index in [9.17, 15) is 0 Å². The minimum absolute atomic E-state index is 0.105. The molecule has 0 heterocycles. The highest BCUT2D eigenvalue weighted by Crippen LogP contribution is 2.27. The highest BCUT2D eigenvalue weighted by atomic mass is 35.5. The van der Waals surface area contributed by atoms with Gasteiger partial charge in [0.1, 0.15) is 5.75 Å². The van der Waals surface area contributed by atoms with Gasteiger partial charge in [-0.3, -0.25) is 0 Å².